The van der Waals surface area contributed by atoms with Gasteiger partial charge in [0.05, 0.1) is 0 Å². The predicted molar refractivity (Wildman–Crippen MR) is 95.8 cm³/mol. The van der Waals surface area contributed by atoms with Crippen LogP contribution < -0.4 is 16.4 Å². The quantitative estimate of drug-likeness (QED) is 0.752. The third-order valence-electron chi connectivity index (χ3n) is 3.61. The largest absolute Gasteiger partial charge is 0.368 e. The van der Waals surface area contributed by atoms with Crippen molar-refractivity contribution >= 4 is 23.4 Å². The molecule has 0 aliphatic heterocycles. The monoisotopic (exact) mass is 339 g/mol. The number of hydrogen-bond donors (Lipinski definition) is 3. The number of anilines is 1. The zero-order valence-corrected chi connectivity index (χ0v) is 14.2. The van der Waals surface area contributed by atoms with Gasteiger partial charge in [-0.3, -0.25) is 14.4 Å². The summed E-state index contributed by atoms with van der Waals surface area (Å²) in [5.41, 5.74) is 6.86. The smallest absolute Gasteiger partial charge is 0.252 e. The van der Waals surface area contributed by atoms with Crippen molar-refractivity contribution in [3.63, 3.8) is 0 Å². The SMILES string of the molecule is CC(C)C(=O)Nc1cccc(C(=O)N[C@H](C(N)=O)c2ccccc2)c1. The Morgan fingerprint density at radius 1 is 0.960 bits per heavy atom. The van der Waals surface area contributed by atoms with E-state index in [1.807, 2.05) is 6.07 Å². The number of primary amides is 1. The lowest BCUT2D eigenvalue weighted by Gasteiger charge is -2.16. The Bertz CT molecular complexity index is 772. The molecule has 0 fully saturated rings. The lowest BCUT2D eigenvalue weighted by atomic mass is 10.1. The van der Waals surface area contributed by atoms with Gasteiger partial charge in [-0.05, 0) is 23.8 Å². The molecule has 0 bridgehead atoms. The number of carbonyl (C=O) groups excluding carboxylic acids is 3. The number of nitrogens with one attached hydrogen (secondary N) is 2. The molecular weight excluding hydrogens is 318 g/mol. The lowest BCUT2D eigenvalue weighted by molar-refractivity contribution is -0.120. The molecule has 0 aromatic heterocycles. The van der Waals surface area contributed by atoms with Crippen LogP contribution in [0.25, 0.3) is 0 Å². The zero-order valence-electron chi connectivity index (χ0n) is 14.2. The fraction of sp³-hybridized carbons (Fsp3) is 0.211. The molecule has 3 amide bonds. The summed E-state index contributed by atoms with van der Waals surface area (Å²) in [6.45, 7) is 3.56. The Morgan fingerprint density at radius 2 is 1.64 bits per heavy atom. The van der Waals surface area contributed by atoms with Crippen LogP contribution in [0.2, 0.25) is 0 Å². The summed E-state index contributed by atoms with van der Waals surface area (Å²) in [7, 11) is 0. The van der Waals surface area contributed by atoms with Crippen LogP contribution in [-0.4, -0.2) is 17.7 Å². The minimum Gasteiger partial charge on any atom is -0.368 e. The molecule has 130 valence electrons. The Morgan fingerprint density at radius 3 is 2.24 bits per heavy atom. The predicted octanol–water partition coefficient (Wildman–Crippen LogP) is 2.24. The molecule has 0 aliphatic carbocycles. The maximum atomic E-state index is 12.5. The highest BCUT2D eigenvalue weighted by molar-refractivity contribution is 5.99. The molecule has 2 aromatic rings. The molecule has 2 rings (SSSR count). The molecule has 0 saturated carbocycles. The summed E-state index contributed by atoms with van der Waals surface area (Å²) in [5, 5.41) is 5.36. The first kappa shape index (κ1) is 18.2. The molecule has 2 aromatic carbocycles. The summed E-state index contributed by atoms with van der Waals surface area (Å²) in [5.74, 6) is -1.41. The van der Waals surface area contributed by atoms with Crippen LogP contribution >= 0.6 is 0 Å². The van der Waals surface area contributed by atoms with Crippen LogP contribution in [0.4, 0.5) is 5.69 Å². The summed E-state index contributed by atoms with van der Waals surface area (Å²) in [6.07, 6.45) is 0. The van der Waals surface area contributed by atoms with Gasteiger partial charge in [-0.15, -0.1) is 0 Å². The van der Waals surface area contributed by atoms with Gasteiger partial charge in [-0.2, -0.15) is 0 Å². The number of carbonyl (C=O) groups is 3. The molecule has 0 heterocycles. The molecule has 0 saturated heterocycles. The van der Waals surface area contributed by atoms with Gasteiger partial charge in [0.2, 0.25) is 11.8 Å². The summed E-state index contributed by atoms with van der Waals surface area (Å²) >= 11 is 0. The molecular formula is C19H21N3O3. The second-order valence-corrected chi connectivity index (χ2v) is 5.94. The first-order chi connectivity index (χ1) is 11.9. The van der Waals surface area contributed by atoms with E-state index in [-0.39, 0.29) is 11.8 Å². The van der Waals surface area contributed by atoms with Crippen LogP contribution in [0.15, 0.2) is 54.6 Å². The van der Waals surface area contributed by atoms with Gasteiger partial charge >= 0.3 is 0 Å². The molecule has 0 unspecified atom stereocenters. The minimum atomic E-state index is -0.928. The Balaban J connectivity index is 2.17. The fourth-order valence-corrected chi connectivity index (χ4v) is 2.20. The van der Waals surface area contributed by atoms with E-state index < -0.39 is 17.9 Å². The van der Waals surface area contributed by atoms with Crippen LogP contribution in [0.5, 0.6) is 0 Å². The van der Waals surface area contributed by atoms with Gasteiger partial charge in [0.15, 0.2) is 0 Å². The standard InChI is InChI=1S/C19H21N3O3/c1-12(2)18(24)21-15-10-6-9-14(11-15)19(25)22-16(17(20)23)13-7-4-3-5-8-13/h3-12,16H,1-2H3,(H2,20,23)(H,21,24)(H,22,25)/t16-/m0/s1. The summed E-state index contributed by atoms with van der Waals surface area (Å²) in [4.78, 5) is 36.0. The van der Waals surface area contributed by atoms with E-state index >= 15 is 0 Å². The first-order valence-corrected chi connectivity index (χ1v) is 7.94. The molecule has 4 N–H and O–H groups in total. The fourth-order valence-electron chi connectivity index (χ4n) is 2.20. The molecule has 1 atom stereocenters. The van der Waals surface area contributed by atoms with Gasteiger partial charge in [0, 0.05) is 17.2 Å². The molecule has 0 aliphatic rings. The van der Waals surface area contributed by atoms with Gasteiger partial charge in [0.25, 0.3) is 5.91 Å². The maximum absolute atomic E-state index is 12.5. The van der Waals surface area contributed by atoms with Crippen molar-refractivity contribution < 1.29 is 14.4 Å². The van der Waals surface area contributed by atoms with Gasteiger partial charge in [-0.25, -0.2) is 0 Å². The topological polar surface area (TPSA) is 101 Å². The second-order valence-electron chi connectivity index (χ2n) is 5.94. The Labute approximate surface area is 146 Å². The van der Waals surface area contributed by atoms with E-state index in [9.17, 15) is 14.4 Å². The number of amides is 3. The Hall–Kier alpha value is -3.15. The van der Waals surface area contributed by atoms with Crippen molar-refractivity contribution in [3.05, 3.63) is 65.7 Å². The lowest BCUT2D eigenvalue weighted by Crippen LogP contribution is -2.37. The normalized spacial score (nSPS) is 11.6. The molecule has 6 nitrogen and oxygen atoms in total. The summed E-state index contributed by atoms with van der Waals surface area (Å²) < 4.78 is 0. The molecule has 0 radical (unpaired) electrons. The third-order valence-corrected chi connectivity index (χ3v) is 3.61. The summed E-state index contributed by atoms with van der Waals surface area (Å²) in [6, 6.07) is 14.4. The van der Waals surface area contributed by atoms with E-state index in [0.29, 0.717) is 16.8 Å². The average Bonchev–Trinajstić information content (AvgIpc) is 2.60. The highest BCUT2D eigenvalue weighted by Crippen LogP contribution is 2.16. The van der Waals surface area contributed by atoms with Crippen molar-refractivity contribution in [1.82, 2.24) is 5.32 Å². The van der Waals surface area contributed by atoms with E-state index in [1.54, 1.807) is 62.4 Å². The zero-order chi connectivity index (χ0) is 18.4. The van der Waals surface area contributed by atoms with Crippen molar-refractivity contribution in [2.75, 3.05) is 5.32 Å². The van der Waals surface area contributed by atoms with Crippen molar-refractivity contribution in [3.8, 4) is 0 Å². The third kappa shape index (κ3) is 4.91. The van der Waals surface area contributed by atoms with Gasteiger partial charge in [-0.1, -0.05) is 50.2 Å². The van der Waals surface area contributed by atoms with E-state index in [4.69, 9.17) is 5.73 Å². The van der Waals surface area contributed by atoms with E-state index in [1.165, 1.54) is 0 Å². The number of benzene rings is 2. The van der Waals surface area contributed by atoms with Gasteiger partial charge in [0.1, 0.15) is 6.04 Å². The highest BCUT2D eigenvalue weighted by atomic mass is 16.2. The van der Waals surface area contributed by atoms with Crippen molar-refractivity contribution in [2.45, 2.75) is 19.9 Å². The number of nitrogens with two attached hydrogens (primary N) is 1. The van der Waals surface area contributed by atoms with E-state index in [0.717, 1.165) is 0 Å². The molecule has 25 heavy (non-hydrogen) atoms. The minimum absolute atomic E-state index is 0.142. The first-order valence-electron chi connectivity index (χ1n) is 7.94. The van der Waals surface area contributed by atoms with Crippen molar-refractivity contribution in [2.24, 2.45) is 11.7 Å². The maximum Gasteiger partial charge on any atom is 0.252 e. The van der Waals surface area contributed by atoms with Crippen LogP contribution in [-0.2, 0) is 9.59 Å². The molecule has 0 spiro atoms. The van der Waals surface area contributed by atoms with E-state index in [2.05, 4.69) is 10.6 Å². The second kappa shape index (κ2) is 8.10. The van der Waals surface area contributed by atoms with Crippen molar-refractivity contribution in [1.29, 1.82) is 0 Å². The number of hydrogen-bond acceptors (Lipinski definition) is 3. The van der Waals surface area contributed by atoms with Gasteiger partial charge < -0.3 is 16.4 Å². The number of rotatable bonds is 6. The average molecular weight is 339 g/mol. The van der Waals surface area contributed by atoms with Crippen LogP contribution in [0.3, 0.4) is 0 Å². The van der Waals surface area contributed by atoms with Crippen LogP contribution in [0.1, 0.15) is 35.8 Å². The Kier molecular flexibility index (Phi) is 5.89. The van der Waals surface area contributed by atoms with Crippen LogP contribution in [0, 0.1) is 5.92 Å². The molecule has 6 heteroatoms. The highest BCUT2D eigenvalue weighted by Gasteiger charge is 2.21.